The summed E-state index contributed by atoms with van der Waals surface area (Å²) in [6.45, 7) is 4.63. The normalized spacial score (nSPS) is 19.3. The third-order valence-electron chi connectivity index (χ3n) is 7.98. The van der Waals surface area contributed by atoms with Gasteiger partial charge in [0.05, 0.1) is 0 Å². The first-order valence-corrected chi connectivity index (χ1v) is 14.8. The molecule has 3 atom stereocenters. The smallest absolute Gasteiger partial charge is 0.00891 e. The molecule has 1 heteroatoms. The van der Waals surface area contributed by atoms with Gasteiger partial charge >= 0.3 is 0 Å². The molecule has 0 aliphatic heterocycles. The number of hydrogen-bond donors (Lipinski definition) is 0. The minimum absolute atomic E-state index is 0.823. The monoisotopic (exact) mass is 435 g/mol. The lowest BCUT2D eigenvalue weighted by Gasteiger charge is -2.24. The molecular weight excluding hydrogens is 374 g/mol. The minimum atomic E-state index is 0.823. The molecule has 1 aliphatic carbocycles. The Kier molecular flexibility index (Phi) is 19.2. The Labute approximate surface area is 198 Å². The molecule has 0 saturated heterocycles. The van der Waals surface area contributed by atoms with E-state index in [2.05, 4.69) is 32.8 Å². The number of unbranched alkanes of at least 4 members (excludes halogenated alkanes) is 15. The van der Waals surface area contributed by atoms with E-state index in [1.54, 1.807) is 12.8 Å². The molecule has 0 amide bonds. The fourth-order valence-electron chi connectivity index (χ4n) is 5.52. The molecule has 1 saturated carbocycles. The largest absolute Gasteiger partial charge is 0.306 e. The molecule has 0 heterocycles. The van der Waals surface area contributed by atoms with E-state index in [1.807, 2.05) is 0 Å². The van der Waals surface area contributed by atoms with Gasteiger partial charge in [-0.1, -0.05) is 142 Å². The molecule has 0 aromatic carbocycles. The van der Waals surface area contributed by atoms with Crippen molar-refractivity contribution in [1.82, 2.24) is 4.90 Å². The van der Waals surface area contributed by atoms with Crippen LogP contribution in [0.4, 0.5) is 0 Å². The highest BCUT2D eigenvalue weighted by Gasteiger charge is 2.34. The van der Waals surface area contributed by atoms with Gasteiger partial charge in [0.1, 0.15) is 0 Å². The Balaban J connectivity index is 1.85. The van der Waals surface area contributed by atoms with Gasteiger partial charge in [0.2, 0.25) is 0 Å². The highest BCUT2D eigenvalue weighted by atomic mass is 15.1. The minimum Gasteiger partial charge on any atom is -0.306 e. The van der Waals surface area contributed by atoms with Crippen LogP contribution in [0.3, 0.4) is 0 Å². The molecular formula is C30H61N. The molecule has 0 aromatic heterocycles. The van der Waals surface area contributed by atoms with Gasteiger partial charge in [-0.25, -0.2) is 0 Å². The van der Waals surface area contributed by atoms with Crippen LogP contribution in [0, 0.1) is 11.8 Å². The zero-order valence-electron chi connectivity index (χ0n) is 22.4. The van der Waals surface area contributed by atoms with E-state index >= 15 is 0 Å². The quantitative estimate of drug-likeness (QED) is 0.136. The van der Waals surface area contributed by atoms with Crippen LogP contribution < -0.4 is 0 Å². The van der Waals surface area contributed by atoms with E-state index in [-0.39, 0.29) is 0 Å². The van der Waals surface area contributed by atoms with Gasteiger partial charge in [0.15, 0.2) is 0 Å². The highest BCUT2D eigenvalue weighted by Crippen LogP contribution is 2.45. The summed E-state index contributed by atoms with van der Waals surface area (Å²) in [5.74, 6) is 2.25. The van der Waals surface area contributed by atoms with Crippen molar-refractivity contribution in [3.05, 3.63) is 0 Å². The Morgan fingerprint density at radius 2 is 0.871 bits per heavy atom. The predicted octanol–water partition coefficient (Wildman–Crippen LogP) is 10.2. The van der Waals surface area contributed by atoms with Crippen molar-refractivity contribution < 1.29 is 0 Å². The lowest BCUT2D eigenvalue weighted by atomic mass is 9.99. The van der Waals surface area contributed by atoms with Gasteiger partial charge in [-0.05, 0) is 45.2 Å². The summed E-state index contributed by atoms with van der Waals surface area (Å²) in [6.07, 6.45) is 33.7. The van der Waals surface area contributed by atoms with Crippen LogP contribution in [0.1, 0.15) is 162 Å². The van der Waals surface area contributed by atoms with Gasteiger partial charge in [0.25, 0.3) is 0 Å². The first kappa shape index (κ1) is 29.0. The van der Waals surface area contributed by atoms with Crippen molar-refractivity contribution in [1.29, 1.82) is 0 Å². The van der Waals surface area contributed by atoms with Crippen LogP contribution >= 0.6 is 0 Å². The third-order valence-corrected chi connectivity index (χ3v) is 7.98. The van der Waals surface area contributed by atoms with Gasteiger partial charge in [0, 0.05) is 6.04 Å². The van der Waals surface area contributed by atoms with Crippen LogP contribution in [0.5, 0.6) is 0 Å². The summed E-state index contributed by atoms with van der Waals surface area (Å²) in [7, 11) is 4.59. The zero-order chi connectivity index (χ0) is 22.6. The molecule has 1 nitrogen and oxygen atoms in total. The van der Waals surface area contributed by atoms with E-state index in [4.69, 9.17) is 0 Å². The first-order valence-electron chi connectivity index (χ1n) is 14.8. The van der Waals surface area contributed by atoms with Crippen molar-refractivity contribution in [3.63, 3.8) is 0 Å². The third kappa shape index (κ3) is 17.1. The first-order chi connectivity index (χ1) is 15.2. The van der Waals surface area contributed by atoms with E-state index in [1.165, 1.54) is 135 Å². The topological polar surface area (TPSA) is 3.24 Å². The Bertz CT molecular complexity index is 363. The summed E-state index contributed by atoms with van der Waals surface area (Å²) in [5, 5.41) is 0. The SMILES string of the molecule is CCCCCCCCCC(CCCCCCCCCC1CC1CCCCCC)N(C)C. The molecule has 0 radical (unpaired) electrons. The lowest BCUT2D eigenvalue weighted by Crippen LogP contribution is -2.27. The Morgan fingerprint density at radius 3 is 1.29 bits per heavy atom. The zero-order valence-corrected chi connectivity index (χ0v) is 22.4. The summed E-state index contributed by atoms with van der Waals surface area (Å²) in [5.41, 5.74) is 0. The number of nitrogens with zero attached hydrogens (tertiary/aromatic N) is 1. The molecule has 1 fully saturated rings. The predicted molar refractivity (Wildman–Crippen MR) is 142 cm³/mol. The molecule has 1 rings (SSSR count). The van der Waals surface area contributed by atoms with Crippen molar-refractivity contribution in [2.24, 2.45) is 11.8 Å². The van der Waals surface area contributed by atoms with E-state index in [0.717, 1.165) is 17.9 Å². The molecule has 186 valence electrons. The van der Waals surface area contributed by atoms with Crippen LogP contribution in [0.2, 0.25) is 0 Å². The van der Waals surface area contributed by atoms with E-state index in [0.29, 0.717) is 0 Å². The summed E-state index contributed by atoms with van der Waals surface area (Å²) < 4.78 is 0. The Morgan fingerprint density at radius 1 is 0.516 bits per heavy atom. The molecule has 0 aromatic rings. The van der Waals surface area contributed by atoms with Crippen LogP contribution in [-0.4, -0.2) is 25.0 Å². The summed E-state index contributed by atoms with van der Waals surface area (Å²) >= 11 is 0. The molecule has 0 N–H and O–H groups in total. The van der Waals surface area contributed by atoms with Gasteiger partial charge < -0.3 is 4.90 Å². The Hall–Kier alpha value is -0.0400. The van der Waals surface area contributed by atoms with Crippen molar-refractivity contribution >= 4 is 0 Å². The van der Waals surface area contributed by atoms with Gasteiger partial charge in [-0.3, -0.25) is 0 Å². The highest BCUT2D eigenvalue weighted by molar-refractivity contribution is 4.85. The second-order valence-electron chi connectivity index (χ2n) is 11.2. The van der Waals surface area contributed by atoms with Gasteiger partial charge in [-0.15, -0.1) is 0 Å². The van der Waals surface area contributed by atoms with Crippen LogP contribution in [0.15, 0.2) is 0 Å². The van der Waals surface area contributed by atoms with E-state index < -0.39 is 0 Å². The second-order valence-corrected chi connectivity index (χ2v) is 11.2. The summed E-state index contributed by atoms with van der Waals surface area (Å²) in [6, 6.07) is 0.823. The van der Waals surface area contributed by atoms with Crippen molar-refractivity contribution in [3.8, 4) is 0 Å². The summed E-state index contributed by atoms with van der Waals surface area (Å²) in [4.78, 5) is 2.49. The lowest BCUT2D eigenvalue weighted by molar-refractivity contribution is 0.251. The molecule has 3 unspecified atom stereocenters. The van der Waals surface area contributed by atoms with E-state index in [9.17, 15) is 0 Å². The van der Waals surface area contributed by atoms with Crippen LogP contribution in [0.25, 0.3) is 0 Å². The maximum Gasteiger partial charge on any atom is 0.00891 e. The fourth-order valence-corrected chi connectivity index (χ4v) is 5.52. The molecule has 1 aliphatic rings. The van der Waals surface area contributed by atoms with Gasteiger partial charge in [-0.2, -0.15) is 0 Å². The average Bonchev–Trinajstić information content (AvgIpc) is 3.51. The van der Waals surface area contributed by atoms with Crippen LogP contribution in [-0.2, 0) is 0 Å². The standard InChI is InChI=1S/C30H61N/c1-5-7-9-11-13-17-21-25-30(31(3)4)26-22-18-15-12-14-16-20-24-29-27-28(29)23-19-10-8-6-2/h28-30H,5-27H2,1-4H3. The molecule has 0 bridgehead atoms. The maximum atomic E-state index is 2.49. The van der Waals surface area contributed by atoms with Crippen molar-refractivity contribution in [2.45, 2.75) is 168 Å². The molecule has 31 heavy (non-hydrogen) atoms. The number of hydrogen-bond acceptors (Lipinski definition) is 1. The maximum absolute atomic E-state index is 2.49. The molecule has 0 spiro atoms. The average molecular weight is 436 g/mol. The fraction of sp³-hybridized carbons (Fsp3) is 1.00. The number of rotatable bonds is 24. The second kappa shape index (κ2) is 20.6. The van der Waals surface area contributed by atoms with Crippen molar-refractivity contribution in [2.75, 3.05) is 14.1 Å².